The zero-order chi connectivity index (χ0) is 9.52. The fourth-order valence-corrected chi connectivity index (χ4v) is 2.39. The molecule has 1 aromatic heterocycles. The number of nitrogens with zero attached hydrogens (tertiary/aromatic N) is 2. The van der Waals surface area contributed by atoms with Gasteiger partial charge in [-0.2, -0.15) is 21.9 Å². The van der Waals surface area contributed by atoms with Crippen LogP contribution in [0.5, 0.6) is 0 Å². The van der Waals surface area contributed by atoms with Gasteiger partial charge in [0.1, 0.15) is 10.8 Å². The zero-order valence-electron chi connectivity index (χ0n) is 6.43. The molecule has 1 aromatic rings. The van der Waals surface area contributed by atoms with Gasteiger partial charge in [-0.25, -0.2) is 0 Å². The molecule has 5 heteroatoms. The molecule has 0 atom stereocenters. The first-order valence-electron chi connectivity index (χ1n) is 3.22. The van der Waals surface area contributed by atoms with Crippen LogP contribution in [0.3, 0.4) is 0 Å². The van der Waals surface area contributed by atoms with E-state index in [0.717, 1.165) is 34.0 Å². The highest BCUT2D eigenvalue weighted by atomic mass is 32.2. The van der Waals surface area contributed by atoms with Crippen molar-refractivity contribution in [3.8, 4) is 10.8 Å². The van der Waals surface area contributed by atoms with Gasteiger partial charge >= 0.3 is 0 Å². The maximum Gasteiger partial charge on any atom is 0.138 e. The van der Waals surface area contributed by atoms with Crippen molar-refractivity contribution in [2.75, 3.05) is 0 Å². The zero-order valence-corrected chi connectivity index (χ0v) is 8.88. The maximum absolute atomic E-state index is 8.52. The highest BCUT2D eigenvalue weighted by molar-refractivity contribution is 8.14. The van der Waals surface area contributed by atoms with Crippen LogP contribution in [0.4, 0.5) is 0 Å². The lowest BCUT2D eigenvalue weighted by Crippen LogP contribution is -1.70. The Morgan fingerprint density at radius 1 is 1.46 bits per heavy atom. The average molecular weight is 224 g/mol. The Hall–Kier alpha value is -0.880. The number of hydrogen-bond donors (Lipinski definition) is 0. The third-order valence-electron chi connectivity index (χ3n) is 1.18. The van der Waals surface area contributed by atoms with Crippen LogP contribution in [0, 0.1) is 21.3 Å². The van der Waals surface area contributed by atoms with Crippen molar-refractivity contribution >= 4 is 39.8 Å². The summed E-state index contributed by atoms with van der Waals surface area (Å²) in [6, 6.07) is 1.93. The summed E-state index contributed by atoms with van der Waals surface area (Å²) >= 11 is 3.68. The number of thioether (sulfide) groups is 2. The lowest BCUT2D eigenvalue weighted by molar-refractivity contribution is 1.57. The molecule has 1 rings (SSSR count). The van der Waals surface area contributed by atoms with Crippen LogP contribution < -0.4 is 0 Å². The Labute approximate surface area is 88.9 Å². The summed E-state index contributed by atoms with van der Waals surface area (Å²) in [4.78, 5) is 0.829. The molecule has 0 aromatic carbocycles. The second kappa shape index (κ2) is 5.71. The lowest BCUT2D eigenvalue weighted by atomic mass is 10.3. The molecular weight excluding hydrogens is 220 g/mol. The van der Waals surface area contributed by atoms with Gasteiger partial charge in [0.05, 0.1) is 0 Å². The fraction of sp³-hybridized carbons (Fsp3) is 0. The van der Waals surface area contributed by atoms with E-state index in [9.17, 15) is 0 Å². The van der Waals surface area contributed by atoms with Gasteiger partial charge in [-0.05, 0) is 40.4 Å². The van der Waals surface area contributed by atoms with Gasteiger partial charge in [-0.1, -0.05) is 0 Å². The molecular formula is C8H4N2S3. The van der Waals surface area contributed by atoms with Crippen LogP contribution in [0.2, 0.25) is 0 Å². The molecule has 0 fully saturated rings. The fourth-order valence-electron chi connectivity index (χ4n) is 0.685. The summed E-state index contributed by atoms with van der Waals surface area (Å²) in [6.07, 6.45) is 0. The van der Waals surface area contributed by atoms with Crippen molar-refractivity contribution < 1.29 is 0 Å². The molecule has 0 aliphatic rings. The minimum absolute atomic E-state index is 0.829. The summed E-state index contributed by atoms with van der Waals surface area (Å²) in [6.45, 7) is 0. The van der Waals surface area contributed by atoms with E-state index in [1.54, 1.807) is 16.7 Å². The Balaban J connectivity index is 2.83. The summed E-state index contributed by atoms with van der Waals surface area (Å²) in [5, 5.41) is 26.4. The predicted octanol–water partition coefficient (Wildman–Crippen LogP) is 3.48. The number of hydrogen-bond acceptors (Lipinski definition) is 5. The molecule has 0 saturated carbocycles. The van der Waals surface area contributed by atoms with Gasteiger partial charge in [-0.3, -0.25) is 0 Å². The van der Waals surface area contributed by atoms with Crippen LogP contribution >= 0.6 is 34.9 Å². The van der Waals surface area contributed by atoms with Gasteiger partial charge in [0.15, 0.2) is 0 Å². The third kappa shape index (κ3) is 3.16. The van der Waals surface area contributed by atoms with Crippen LogP contribution in [0.25, 0.3) is 4.91 Å². The number of rotatable bonds is 3. The molecule has 0 amide bonds. The van der Waals surface area contributed by atoms with Gasteiger partial charge in [-0.15, -0.1) is 0 Å². The smallest absolute Gasteiger partial charge is 0.138 e. The van der Waals surface area contributed by atoms with Crippen LogP contribution in [-0.4, -0.2) is 0 Å². The van der Waals surface area contributed by atoms with Crippen molar-refractivity contribution in [3.63, 3.8) is 0 Å². The highest BCUT2D eigenvalue weighted by Gasteiger charge is 2.01. The van der Waals surface area contributed by atoms with Crippen molar-refractivity contribution in [2.24, 2.45) is 0 Å². The van der Waals surface area contributed by atoms with Gasteiger partial charge in [0, 0.05) is 15.9 Å². The normalized spacial score (nSPS) is 10.5. The Morgan fingerprint density at radius 3 is 2.85 bits per heavy atom. The minimum atomic E-state index is 0.829. The summed E-state index contributed by atoms with van der Waals surface area (Å²) in [7, 11) is 0. The standard InChI is InChI=1S/C8H4N2S3/c9-5-12-4-8(13-6-10)7-1-2-11-3-7/h1-4H/b8-4+. The predicted molar refractivity (Wildman–Crippen MR) is 58.7 cm³/mol. The Kier molecular flexibility index (Phi) is 4.48. The minimum Gasteiger partial charge on any atom is -0.185 e. The molecule has 64 valence electrons. The third-order valence-corrected chi connectivity index (χ3v) is 3.14. The van der Waals surface area contributed by atoms with E-state index in [1.165, 1.54) is 0 Å². The monoisotopic (exact) mass is 224 g/mol. The summed E-state index contributed by atoms with van der Waals surface area (Å²) < 4.78 is 0. The van der Waals surface area contributed by atoms with Gasteiger partial charge in [0.2, 0.25) is 0 Å². The first-order chi connectivity index (χ1) is 6.38. The maximum atomic E-state index is 8.52. The molecule has 2 nitrogen and oxygen atoms in total. The van der Waals surface area contributed by atoms with Gasteiger partial charge in [0.25, 0.3) is 0 Å². The first kappa shape index (κ1) is 10.2. The molecule has 0 saturated heterocycles. The van der Waals surface area contributed by atoms with Crippen molar-refractivity contribution in [1.29, 1.82) is 10.5 Å². The first-order valence-corrected chi connectivity index (χ1v) is 5.86. The molecule has 0 spiro atoms. The van der Waals surface area contributed by atoms with E-state index >= 15 is 0 Å². The highest BCUT2D eigenvalue weighted by Crippen LogP contribution is 2.30. The quantitative estimate of drug-likeness (QED) is 0.737. The van der Waals surface area contributed by atoms with Crippen LogP contribution in [0.1, 0.15) is 5.56 Å². The van der Waals surface area contributed by atoms with Gasteiger partial charge < -0.3 is 0 Å². The molecule has 1 heterocycles. The summed E-state index contributed by atoms with van der Waals surface area (Å²) in [5.41, 5.74) is 0.999. The Morgan fingerprint density at radius 2 is 2.31 bits per heavy atom. The van der Waals surface area contributed by atoms with E-state index in [1.807, 2.05) is 27.6 Å². The molecule has 0 aliphatic heterocycles. The van der Waals surface area contributed by atoms with Crippen molar-refractivity contribution in [1.82, 2.24) is 0 Å². The molecule has 0 aliphatic carbocycles. The van der Waals surface area contributed by atoms with E-state index < -0.39 is 0 Å². The lowest BCUT2D eigenvalue weighted by Gasteiger charge is -1.94. The van der Waals surface area contributed by atoms with Crippen molar-refractivity contribution in [2.45, 2.75) is 0 Å². The van der Waals surface area contributed by atoms with E-state index in [-0.39, 0.29) is 0 Å². The second-order valence-electron chi connectivity index (χ2n) is 1.90. The molecule has 0 N–H and O–H groups in total. The van der Waals surface area contributed by atoms with E-state index in [4.69, 9.17) is 10.5 Å². The number of nitriles is 2. The topological polar surface area (TPSA) is 47.6 Å². The number of thiophene rings is 1. The molecule has 0 unspecified atom stereocenters. The average Bonchev–Trinajstić information content (AvgIpc) is 2.65. The summed E-state index contributed by atoms with van der Waals surface area (Å²) in [5.74, 6) is 0. The SMILES string of the molecule is N#CS/C=C(/SC#N)c1ccsc1. The largest absolute Gasteiger partial charge is 0.185 e. The molecule has 0 radical (unpaired) electrons. The molecule has 13 heavy (non-hydrogen) atoms. The van der Waals surface area contributed by atoms with E-state index in [2.05, 4.69) is 0 Å². The van der Waals surface area contributed by atoms with E-state index in [0.29, 0.717) is 0 Å². The number of thiocyanates is 2. The van der Waals surface area contributed by atoms with Crippen LogP contribution in [-0.2, 0) is 0 Å². The Bertz CT molecular complexity index is 367. The van der Waals surface area contributed by atoms with Crippen molar-refractivity contribution in [3.05, 3.63) is 27.8 Å². The second-order valence-corrected chi connectivity index (χ2v) is 4.16. The molecule has 0 bridgehead atoms. The van der Waals surface area contributed by atoms with Crippen LogP contribution in [0.15, 0.2) is 22.2 Å².